The molecule has 0 saturated heterocycles. The van der Waals surface area contributed by atoms with Crippen molar-refractivity contribution < 1.29 is 19.1 Å². The van der Waals surface area contributed by atoms with Crippen LogP contribution in [0.5, 0.6) is 5.75 Å². The summed E-state index contributed by atoms with van der Waals surface area (Å²) in [6.07, 6.45) is 1.42. The summed E-state index contributed by atoms with van der Waals surface area (Å²) in [6, 6.07) is 8.53. The van der Waals surface area contributed by atoms with Gasteiger partial charge in [0.25, 0.3) is 0 Å². The van der Waals surface area contributed by atoms with Crippen LogP contribution in [0.15, 0.2) is 44.8 Å². The number of methoxy groups -OCH3 is 1. The normalized spacial score (nSPS) is 11.6. The Hall–Kier alpha value is -1.98. The number of benzene rings is 1. The van der Waals surface area contributed by atoms with E-state index in [1.807, 2.05) is 22.6 Å². The number of aromatic amines is 1. The highest BCUT2D eigenvalue weighted by Crippen LogP contribution is 2.33. The molecule has 0 aliphatic rings. The number of hydrogen-bond acceptors (Lipinski definition) is 6. The average Bonchev–Trinajstić information content (AvgIpc) is 3.23. The van der Waals surface area contributed by atoms with Crippen LogP contribution < -0.4 is 4.74 Å². The van der Waals surface area contributed by atoms with Crippen LogP contribution in [0, 0.1) is 3.77 Å². The number of nitrogens with zero attached hydrogens (tertiary/aromatic N) is 2. The maximum Gasteiger partial charge on any atom is 0.342 e. The van der Waals surface area contributed by atoms with Crippen LogP contribution in [-0.4, -0.2) is 33.4 Å². The molecule has 2 aromatic heterocycles. The highest BCUT2D eigenvalue weighted by molar-refractivity contribution is 14.1. The summed E-state index contributed by atoms with van der Waals surface area (Å²) in [5.74, 6) is 0.324. The van der Waals surface area contributed by atoms with Gasteiger partial charge < -0.3 is 14.3 Å². The Bertz CT molecular complexity index is 986. The summed E-state index contributed by atoms with van der Waals surface area (Å²) >= 11 is 8.94. The van der Waals surface area contributed by atoms with E-state index < -0.39 is 5.97 Å². The van der Waals surface area contributed by atoms with E-state index in [9.17, 15) is 9.90 Å². The Labute approximate surface area is 170 Å². The molecular formula is C16H11ClIN3O4S. The van der Waals surface area contributed by atoms with Crippen molar-refractivity contribution in [3.05, 3.63) is 49.8 Å². The van der Waals surface area contributed by atoms with Crippen LogP contribution in [0.25, 0.3) is 17.5 Å². The molecule has 0 atom stereocenters. The van der Waals surface area contributed by atoms with E-state index in [0.717, 1.165) is 11.8 Å². The maximum atomic E-state index is 11.5. The summed E-state index contributed by atoms with van der Waals surface area (Å²) in [5.41, 5.74) is 0.626. The molecule has 3 rings (SSSR count). The van der Waals surface area contributed by atoms with Crippen LogP contribution in [0.3, 0.4) is 0 Å². The first-order valence-corrected chi connectivity index (χ1v) is 9.38. The third-order valence-corrected chi connectivity index (χ3v) is 4.85. The Morgan fingerprint density at radius 1 is 1.42 bits per heavy atom. The summed E-state index contributed by atoms with van der Waals surface area (Å²) < 4.78 is 11.3. The lowest BCUT2D eigenvalue weighted by molar-refractivity contribution is -0.131. The maximum absolute atomic E-state index is 11.5. The Kier molecular flexibility index (Phi) is 5.89. The molecule has 0 saturated carbocycles. The minimum Gasteiger partial charge on any atom is -0.496 e. The number of carbonyl (C=O) groups is 1. The van der Waals surface area contributed by atoms with E-state index in [-0.39, 0.29) is 10.1 Å². The van der Waals surface area contributed by atoms with E-state index in [2.05, 4.69) is 15.2 Å². The molecule has 10 heteroatoms. The minimum absolute atomic E-state index is 0.0272. The number of hydrogen-bond donors (Lipinski definition) is 2. The van der Waals surface area contributed by atoms with Gasteiger partial charge in [-0.05, 0) is 64.7 Å². The number of carboxylic acids is 1. The lowest BCUT2D eigenvalue weighted by atomic mass is 10.2. The number of halogens is 2. The van der Waals surface area contributed by atoms with Gasteiger partial charge in [-0.2, -0.15) is 0 Å². The molecule has 0 amide bonds. The largest absolute Gasteiger partial charge is 0.496 e. The number of thioether (sulfide) groups is 1. The highest BCUT2D eigenvalue weighted by Gasteiger charge is 2.17. The summed E-state index contributed by atoms with van der Waals surface area (Å²) in [6.45, 7) is 0. The summed E-state index contributed by atoms with van der Waals surface area (Å²) in [7, 11) is 1.54. The third-order valence-electron chi connectivity index (χ3n) is 3.16. The van der Waals surface area contributed by atoms with E-state index >= 15 is 0 Å². The number of aromatic nitrogens is 3. The summed E-state index contributed by atoms with van der Waals surface area (Å²) in [5, 5.41) is 17.0. The van der Waals surface area contributed by atoms with Crippen molar-refractivity contribution in [1.29, 1.82) is 0 Å². The number of rotatable bonds is 6. The van der Waals surface area contributed by atoms with Crippen molar-refractivity contribution in [2.75, 3.05) is 7.11 Å². The van der Waals surface area contributed by atoms with Crippen LogP contribution in [0.1, 0.15) is 5.76 Å². The zero-order valence-electron chi connectivity index (χ0n) is 13.2. The predicted molar refractivity (Wildman–Crippen MR) is 106 cm³/mol. The molecule has 7 nitrogen and oxygen atoms in total. The zero-order valence-corrected chi connectivity index (χ0v) is 16.9. The van der Waals surface area contributed by atoms with Crippen LogP contribution >= 0.6 is 46.0 Å². The van der Waals surface area contributed by atoms with Gasteiger partial charge in [0.15, 0.2) is 9.59 Å². The lowest BCUT2D eigenvalue weighted by Crippen LogP contribution is -1.97. The van der Waals surface area contributed by atoms with Crippen molar-refractivity contribution in [2.45, 2.75) is 5.16 Å². The van der Waals surface area contributed by atoms with Gasteiger partial charge in [-0.1, -0.05) is 11.6 Å². The van der Waals surface area contributed by atoms with Gasteiger partial charge in [0.1, 0.15) is 16.4 Å². The molecule has 3 aromatic rings. The molecule has 0 fully saturated rings. The fourth-order valence-corrected chi connectivity index (χ4v) is 3.34. The average molecular weight is 504 g/mol. The number of aliphatic carboxylic acids is 1. The monoisotopic (exact) mass is 503 g/mol. The summed E-state index contributed by atoms with van der Waals surface area (Å²) in [4.78, 5) is 15.8. The van der Waals surface area contributed by atoms with Crippen molar-refractivity contribution >= 4 is 58.0 Å². The molecule has 0 unspecified atom stereocenters. The Balaban J connectivity index is 1.88. The quantitative estimate of drug-likeness (QED) is 0.289. The third kappa shape index (κ3) is 4.40. The molecule has 0 aliphatic heterocycles. The van der Waals surface area contributed by atoms with Gasteiger partial charge in [-0.25, -0.2) is 9.78 Å². The van der Waals surface area contributed by atoms with Crippen molar-refractivity contribution in [1.82, 2.24) is 15.2 Å². The number of ether oxygens (including phenoxy) is 1. The van der Waals surface area contributed by atoms with Gasteiger partial charge in [0.05, 0.1) is 12.7 Å². The van der Waals surface area contributed by atoms with Crippen molar-refractivity contribution in [2.24, 2.45) is 0 Å². The topological polar surface area (TPSA) is 101 Å². The minimum atomic E-state index is -1.10. The van der Waals surface area contributed by atoms with Gasteiger partial charge in [-0.3, -0.25) is 5.10 Å². The predicted octanol–water partition coefficient (Wildman–Crippen LogP) is 4.55. The smallest absolute Gasteiger partial charge is 0.342 e. The van der Waals surface area contributed by atoms with E-state index in [1.54, 1.807) is 30.3 Å². The van der Waals surface area contributed by atoms with Crippen LogP contribution in [-0.2, 0) is 4.79 Å². The van der Waals surface area contributed by atoms with Crippen molar-refractivity contribution in [3.8, 4) is 17.1 Å². The highest BCUT2D eigenvalue weighted by atomic mass is 127. The lowest BCUT2D eigenvalue weighted by Gasteiger charge is -2.05. The molecule has 26 heavy (non-hydrogen) atoms. The molecular weight excluding hydrogens is 493 g/mol. The zero-order chi connectivity index (χ0) is 18.7. The first kappa shape index (κ1) is 18.8. The second kappa shape index (κ2) is 8.14. The number of furan rings is 1. The van der Waals surface area contributed by atoms with Gasteiger partial charge in [0.2, 0.25) is 5.16 Å². The SMILES string of the molecule is COc1ccc(Cl)cc1-c1nc(S/C(=C\c2ccc(I)o2)C(=O)O)n[nH]1. The van der Waals surface area contributed by atoms with Crippen molar-refractivity contribution in [3.63, 3.8) is 0 Å². The fourth-order valence-electron chi connectivity index (χ4n) is 2.05. The van der Waals surface area contributed by atoms with Crippen LogP contribution in [0.4, 0.5) is 0 Å². The molecule has 0 spiro atoms. The Morgan fingerprint density at radius 2 is 2.23 bits per heavy atom. The molecule has 0 radical (unpaired) electrons. The first-order chi connectivity index (χ1) is 12.5. The van der Waals surface area contributed by atoms with Crippen LogP contribution in [0.2, 0.25) is 5.02 Å². The second-order valence-corrected chi connectivity index (χ2v) is 7.38. The Morgan fingerprint density at radius 3 is 2.88 bits per heavy atom. The number of H-pyrrole nitrogens is 1. The molecule has 134 valence electrons. The second-order valence-electron chi connectivity index (χ2n) is 4.87. The number of nitrogens with one attached hydrogen (secondary N) is 1. The molecule has 2 N–H and O–H groups in total. The standard InChI is InChI=1S/C16H11ClIN3O4S/c1-24-11-4-2-8(17)6-10(11)14-19-16(21-20-14)26-12(15(22)23)7-9-3-5-13(18)25-9/h2-7H,1H3,(H,22,23)(H,19,20,21)/b12-7-. The van der Waals surface area contributed by atoms with Gasteiger partial charge >= 0.3 is 5.97 Å². The number of carboxylic acid groups (broad SMARTS) is 1. The van der Waals surface area contributed by atoms with Gasteiger partial charge in [-0.15, -0.1) is 5.10 Å². The first-order valence-electron chi connectivity index (χ1n) is 7.11. The molecule has 0 bridgehead atoms. The van der Waals surface area contributed by atoms with E-state index in [1.165, 1.54) is 13.2 Å². The molecule has 0 aliphatic carbocycles. The fraction of sp³-hybridized carbons (Fsp3) is 0.0625. The van der Waals surface area contributed by atoms with Gasteiger partial charge in [0, 0.05) is 11.1 Å². The van der Waals surface area contributed by atoms with E-state index in [4.69, 9.17) is 20.8 Å². The molecule has 1 aromatic carbocycles. The van der Waals surface area contributed by atoms with E-state index in [0.29, 0.717) is 31.7 Å². The molecule has 2 heterocycles.